The molecule has 1 aromatic heterocycles. The highest BCUT2D eigenvalue weighted by atomic mass is 16.5. The van der Waals surface area contributed by atoms with Crippen molar-refractivity contribution in [2.75, 3.05) is 13.7 Å². The normalized spacial score (nSPS) is 21.3. The number of aryl methyl sites for hydroxylation is 1. The monoisotopic (exact) mass is 317 g/mol. The topological polar surface area (TPSA) is 71.7 Å². The van der Waals surface area contributed by atoms with E-state index in [1.165, 1.54) is 0 Å². The van der Waals surface area contributed by atoms with E-state index in [1.54, 1.807) is 7.11 Å². The number of nitrogens with one attached hydrogen (secondary N) is 1. The van der Waals surface area contributed by atoms with E-state index < -0.39 is 0 Å². The summed E-state index contributed by atoms with van der Waals surface area (Å²) in [5.41, 5.74) is 1.41. The molecule has 1 saturated carbocycles. The summed E-state index contributed by atoms with van der Waals surface area (Å²) in [6, 6.07) is 5.63. The number of ether oxygens (including phenoxy) is 1. The minimum Gasteiger partial charge on any atom is -0.493 e. The van der Waals surface area contributed by atoms with Crippen molar-refractivity contribution in [3.63, 3.8) is 0 Å². The Kier molecular flexibility index (Phi) is 4.57. The Labute approximate surface area is 135 Å². The van der Waals surface area contributed by atoms with Crippen LogP contribution in [-0.2, 0) is 0 Å². The molecule has 2 atom stereocenters. The molecule has 2 aromatic rings. The molecule has 0 spiro atoms. The van der Waals surface area contributed by atoms with Gasteiger partial charge in [-0.1, -0.05) is 25.0 Å². The molecule has 124 valence electrons. The van der Waals surface area contributed by atoms with Crippen LogP contribution in [0.5, 0.6) is 5.75 Å². The first-order chi connectivity index (χ1) is 11.2. The number of aliphatic hydroxyl groups excluding tert-OH is 1. The van der Waals surface area contributed by atoms with Crippen LogP contribution in [0.25, 0.3) is 11.0 Å². The Balaban J connectivity index is 1.87. The molecule has 0 radical (unpaired) electrons. The van der Waals surface area contributed by atoms with Crippen LogP contribution < -0.4 is 10.1 Å². The zero-order chi connectivity index (χ0) is 16.4. The van der Waals surface area contributed by atoms with E-state index in [0.717, 1.165) is 36.6 Å². The van der Waals surface area contributed by atoms with Crippen molar-refractivity contribution in [3.05, 3.63) is 29.5 Å². The van der Waals surface area contributed by atoms with Gasteiger partial charge < -0.3 is 19.6 Å². The van der Waals surface area contributed by atoms with Gasteiger partial charge >= 0.3 is 0 Å². The molecular formula is C18H23NO4. The standard InChI is InChI=1S/C18H23NO4/c1-11-13-7-5-9-15(22-2)17(13)23-16(11)18(21)19-14-8-4-3-6-12(14)10-20/h5,7,9,12,14,20H,3-4,6,8,10H2,1-2H3,(H,19,21). The number of methoxy groups -OCH3 is 1. The molecule has 0 aliphatic heterocycles. The molecule has 1 heterocycles. The van der Waals surface area contributed by atoms with Crippen molar-refractivity contribution in [3.8, 4) is 5.75 Å². The van der Waals surface area contributed by atoms with Gasteiger partial charge in [0.05, 0.1) is 7.11 Å². The second-order valence-corrected chi connectivity index (χ2v) is 6.20. The summed E-state index contributed by atoms with van der Waals surface area (Å²) in [5, 5.41) is 13.4. The number of amides is 1. The average Bonchev–Trinajstić information content (AvgIpc) is 2.92. The van der Waals surface area contributed by atoms with Crippen LogP contribution in [0, 0.1) is 12.8 Å². The van der Waals surface area contributed by atoms with Crippen molar-refractivity contribution in [1.29, 1.82) is 0 Å². The van der Waals surface area contributed by atoms with Gasteiger partial charge in [0.1, 0.15) is 0 Å². The van der Waals surface area contributed by atoms with E-state index in [9.17, 15) is 9.90 Å². The summed E-state index contributed by atoms with van der Waals surface area (Å²) in [6.07, 6.45) is 4.04. The second-order valence-electron chi connectivity index (χ2n) is 6.20. The first-order valence-electron chi connectivity index (χ1n) is 8.13. The number of carbonyl (C=O) groups is 1. The number of fused-ring (bicyclic) bond motifs is 1. The maximum absolute atomic E-state index is 12.6. The first-order valence-corrected chi connectivity index (χ1v) is 8.13. The Morgan fingerprint density at radius 2 is 2.17 bits per heavy atom. The molecule has 0 bridgehead atoms. The van der Waals surface area contributed by atoms with Crippen LogP contribution >= 0.6 is 0 Å². The Morgan fingerprint density at radius 3 is 2.91 bits per heavy atom. The quantitative estimate of drug-likeness (QED) is 0.909. The van der Waals surface area contributed by atoms with Crippen molar-refractivity contribution in [2.45, 2.75) is 38.6 Å². The number of hydrogen-bond acceptors (Lipinski definition) is 4. The number of hydrogen-bond donors (Lipinski definition) is 2. The molecule has 1 fully saturated rings. The fourth-order valence-electron chi connectivity index (χ4n) is 3.44. The van der Waals surface area contributed by atoms with E-state index >= 15 is 0 Å². The van der Waals surface area contributed by atoms with Crippen LogP contribution in [0.4, 0.5) is 0 Å². The lowest BCUT2D eigenvalue weighted by Gasteiger charge is -2.30. The summed E-state index contributed by atoms with van der Waals surface area (Å²) >= 11 is 0. The van der Waals surface area contributed by atoms with Gasteiger partial charge in [-0.25, -0.2) is 0 Å². The molecule has 5 heteroatoms. The lowest BCUT2D eigenvalue weighted by atomic mass is 9.85. The number of rotatable bonds is 4. The van der Waals surface area contributed by atoms with E-state index in [2.05, 4.69) is 5.32 Å². The molecule has 2 N–H and O–H groups in total. The molecule has 23 heavy (non-hydrogen) atoms. The lowest BCUT2D eigenvalue weighted by molar-refractivity contribution is 0.0846. The minimum absolute atomic E-state index is 0.00996. The SMILES string of the molecule is COc1cccc2c(C)c(C(=O)NC3CCCCC3CO)oc12. The Hall–Kier alpha value is -2.01. The summed E-state index contributed by atoms with van der Waals surface area (Å²) in [6.45, 7) is 1.99. The van der Waals surface area contributed by atoms with Gasteiger partial charge in [0.2, 0.25) is 0 Å². The first kappa shape index (κ1) is 15.9. The lowest BCUT2D eigenvalue weighted by Crippen LogP contribution is -2.43. The molecule has 5 nitrogen and oxygen atoms in total. The molecule has 1 amide bonds. The largest absolute Gasteiger partial charge is 0.493 e. The Bertz CT molecular complexity index is 706. The zero-order valence-corrected chi connectivity index (χ0v) is 13.6. The van der Waals surface area contributed by atoms with E-state index in [-0.39, 0.29) is 24.5 Å². The molecular weight excluding hydrogens is 294 g/mol. The smallest absolute Gasteiger partial charge is 0.287 e. The summed E-state index contributed by atoms with van der Waals surface area (Å²) in [7, 11) is 1.58. The van der Waals surface area contributed by atoms with Crippen molar-refractivity contribution < 1.29 is 19.1 Å². The van der Waals surface area contributed by atoms with Gasteiger partial charge in [-0.15, -0.1) is 0 Å². The number of para-hydroxylation sites is 1. The van der Waals surface area contributed by atoms with Crippen LogP contribution in [-0.4, -0.2) is 30.8 Å². The highest BCUT2D eigenvalue weighted by Gasteiger charge is 2.28. The molecule has 1 aliphatic carbocycles. The summed E-state index contributed by atoms with van der Waals surface area (Å²) < 4.78 is 11.1. The maximum atomic E-state index is 12.6. The van der Waals surface area contributed by atoms with Crippen molar-refractivity contribution in [1.82, 2.24) is 5.32 Å². The summed E-state index contributed by atoms with van der Waals surface area (Å²) in [5.74, 6) is 0.861. The van der Waals surface area contributed by atoms with Crippen LogP contribution in [0.1, 0.15) is 41.8 Å². The molecule has 0 saturated heterocycles. The highest BCUT2D eigenvalue weighted by Crippen LogP contribution is 2.32. The van der Waals surface area contributed by atoms with Gasteiger partial charge in [-0.05, 0) is 25.8 Å². The number of carbonyl (C=O) groups excluding carboxylic acids is 1. The van der Waals surface area contributed by atoms with E-state index in [1.807, 2.05) is 25.1 Å². The predicted octanol–water partition coefficient (Wildman–Crippen LogP) is 3.03. The zero-order valence-electron chi connectivity index (χ0n) is 13.6. The predicted molar refractivity (Wildman–Crippen MR) is 87.8 cm³/mol. The van der Waals surface area contributed by atoms with Gasteiger partial charge in [0.15, 0.2) is 17.1 Å². The van der Waals surface area contributed by atoms with Gasteiger partial charge in [-0.2, -0.15) is 0 Å². The van der Waals surface area contributed by atoms with Crippen molar-refractivity contribution >= 4 is 16.9 Å². The molecule has 3 rings (SSSR count). The van der Waals surface area contributed by atoms with Gasteiger partial charge in [0, 0.05) is 29.5 Å². The number of benzene rings is 1. The molecule has 1 aromatic carbocycles. The fourth-order valence-corrected chi connectivity index (χ4v) is 3.44. The van der Waals surface area contributed by atoms with Gasteiger partial charge in [-0.3, -0.25) is 4.79 Å². The second kappa shape index (κ2) is 6.62. The Morgan fingerprint density at radius 1 is 1.39 bits per heavy atom. The molecule has 2 unspecified atom stereocenters. The van der Waals surface area contributed by atoms with Gasteiger partial charge in [0.25, 0.3) is 5.91 Å². The maximum Gasteiger partial charge on any atom is 0.287 e. The number of furan rings is 1. The van der Waals surface area contributed by atoms with Crippen molar-refractivity contribution in [2.24, 2.45) is 5.92 Å². The third kappa shape index (κ3) is 2.93. The number of aliphatic hydroxyl groups is 1. The minimum atomic E-state index is -0.217. The van der Waals surface area contributed by atoms with Crippen LogP contribution in [0.15, 0.2) is 22.6 Å². The highest BCUT2D eigenvalue weighted by molar-refractivity contribution is 6.00. The van der Waals surface area contributed by atoms with E-state index in [4.69, 9.17) is 9.15 Å². The summed E-state index contributed by atoms with van der Waals surface area (Å²) in [4.78, 5) is 12.6. The van der Waals surface area contributed by atoms with E-state index in [0.29, 0.717) is 17.1 Å². The third-order valence-electron chi connectivity index (χ3n) is 4.81. The fraction of sp³-hybridized carbons (Fsp3) is 0.500. The average molecular weight is 317 g/mol. The molecule has 1 aliphatic rings. The van der Waals surface area contributed by atoms with Crippen LogP contribution in [0.3, 0.4) is 0 Å². The third-order valence-corrected chi connectivity index (χ3v) is 4.81. The van der Waals surface area contributed by atoms with Crippen LogP contribution in [0.2, 0.25) is 0 Å².